The van der Waals surface area contributed by atoms with Crippen LogP contribution in [-0.4, -0.2) is 74.3 Å². The molecule has 0 fully saturated rings. The van der Waals surface area contributed by atoms with Crippen LogP contribution in [0.4, 0.5) is 0 Å². The van der Waals surface area contributed by atoms with Gasteiger partial charge in [0.25, 0.3) is 0 Å². The number of allylic oxidation sites excluding steroid dienone is 19. The largest absolute Gasteiger partial charge is 0.472 e. The zero-order chi connectivity index (χ0) is 64.9. The van der Waals surface area contributed by atoms with Crippen molar-refractivity contribution >= 4 is 19.7 Å². The van der Waals surface area contributed by atoms with Crippen molar-refractivity contribution in [3.05, 3.63) is 122 Å². The highest BCUT2D eigenvalue weighted by atomic mass is 31.2. The number of amides is 1. The highest BCUT2D eigenvalue weighted by molar-refractivity contribution is 7.47. The van der Waals surface area contributed by atoms with Gasteiger partial charge in [0.1, 0.15) is 19.3 Å². The number of unbranched alkanes of at least 4 members (excludes halogenated alkanes) is 32. The van der Waals surface area contributed by atoms with Gasteiger partial charge in [0.05, 0.1) is 33.8 Å². The van der Waals surface area contributed by atoms with Gasteiger partial charge in [-0.2, -0.15) is 0 Å². The number of likely N-dealkylation sites (N-methyl/N-ethyl adjacent to an activating group) is 1. The molecule has 0 rings (SSSR count). The lowest BCUT2D eigenvalue weighted by Gasteiger charge is -2.27. The van der Waals surface area contributed by atoms with Crippen LogP contribution < -0.4 is 5.32 Å². The number of quaternary nitrogens is 1. The Morgan fingerprint density at radius 3 is 1.10 bits per heavy atom. The number of nitrogens with one attached hydrogen (secondary N) is 1. The first-order chi connectivity index (χ1) is 43.4. The van der Waals surface area contributed by atoms with Crippen LogP contribution in [0.5, 0.6) is 0 Å². The maximum Gasteiger partial charge on any atom is 0.472 e. The van der Waals surface area contributed by atoms with E-state index in [0.29, 0.717) is 17.4 Å². The van der Waals surface area contributed by atoms with Gasteiger partial charge in [0.2, 0.25) is 5.91 Å². The SMILES string of the molecule is CC/C=C\C/C=C\C/C=C\C/C=C\C/C=C\CCCCCCCCCCCC(=O)OC(/C=C/CCCCCCCCCCC)C(COP(=O)(O)OCC[N+](C)(C)C)NC(=O)CCCCCCCCCCCCC/C=C\C/C=C\C/C=C\C/C=C\CCCCC. The van der Waals surface area contributed by atoms with E-state index in [4.69, 9.17) is 13.8 Å². The second kappa shape index (κ2) is 67.3. The Hall–Kier alpha value is -3.59. The van der Waals surface area contributed by atoms with Gasteiger partial charge in [-0.05, 0) is 122 Å². The van der Waals surface area contributed by atoms with Crippen LogP contribution in [-0.2, 0) is 27.9 Å². The quantitative estimate of drug-likeness (QED) is 0.0205. The molecule has 0 aliphatic carbocycles. The van der Waals surface area contributed by atoms with E-state index in [1.165, 1.54) is 161 Å². The van der Waals surface area contributed by atoms with Crippen LogP contribution in [0, 0.1) is 0 Å². The Kier molecular flexibility index (Phi) is 64.6. The molecule has 0 spiro atoms. The first-order valence-corrected chi connectivity index (χ1v) is 38.4. The summed E-state index contributed by atoms with van der Waals surface area (Å²) in [5, 5.41) is 3.07. The Morgan fingerprint density at radius 2 is 0.719 bits per heavy atom. The number of carbonyl (C=O) groups excluding carboxylic acids is 2. The van der Waals surface area contributed by atoms with E-state index in [1.807, 2.05) is 33.3 Å². The highest BCUT2D eigenvalue weighted by Gasteiger charge is 2.30. The molecule has 0 aromatic rings. The zero-order valence-corrected chi connectivity index (χ0v) is 59.5. The van der Waals surface area contributed by atoms with E-state index in [-0.39, 0.29) is 31.5 Å². The molecule has 0 aromatic heterocycles. The molecule has 0 aliphatic rings. The minimum absolute atomic E-state index is 0.0333. The van der Waals surface area contributed by atoms with Crippen LogP contribution >= 0.6 is 7.82 Å². The molecule has 0 bridgehead atoms. The minimum atomic E-state index is -4.46. The maximum atomic E-state index is 13.6. The van der Waals surface area contributed by atoms with Crippen LogP contribution in [0.15, 0.2) is 122 Å². The first-order valence-electron chi connectivity index (χ1n) is 36.9. The summed E-state index contributed by atoms with van der Waals surface area (Å²) in [6, 6.07) is -0.861. The van der Waals surface area contributed by atoms with Crippen LogP contribution in [0.2, 0.25) is 0 Å². The van der Waals surface area contributed by atoms with Gasteiger partial charge in [0.15, 0.2) is 0 Å². The third kappa shape index (κ3) is 68.6. The molecule has 0 saturated carbocycles. The number of carbonyl (C=O) groups is 2. The third-order valence-electron chi connectivity index (χ3n) is 15.9. The van der Waals surface area contributed by atoms with Gasteiger partial charge in [-0.15, -0.1) is 0 Å². The Morgan fingerprint density at radius 1 is 0.404 bits per heavy atom. The van der Waals surface area contributed by atoms with E-state index in [2.05, 4.69) is 135 Å². The number of esters is 1. The molecule has 0 aromatic carbocycles. The van der Waals surface area contributed by atoms with Crippen LogP contribution in [0.1, 0.15) is 316 Å². The molecule has 9 nitrogen and oxygen atoms in total. The average molecular weight is 1260 g/mol. The van der Waals surface area contributed by atoms with E-state index >= 15 is 0 Å². The van der Waals surface area contributed by atoms with E-state index in [1.54, 1.807) is 0 Å². The Bertz CT molecular complexity index is 1940. The van der Waals surface area contributed by atoms with Crippen molar-refractivity contribution in [3.63, 3.8) is 0 Å². The number of hydrogen-bond acceptors (Lipinski definition) is 6. The average Bonchev–Trinajstić information content (AvgIpc) is 3.64. The fraction of sp³-hybridized carbons (Fsp3) is 0.722. The molecule has 3 atom stereocenters. The summed E-state index contributed by atoms with van der Waals surface area (Å²) in [4.78, 5) is 37.9. The van der Waals surface area contributed by atoms with Crippen molar-refractivity contribution in [3.8, 4) is 0 Å². The third-order valence-corrected chi connectivity index (χ3v) is 16.9. The summed E-state index contributed by atoms with van der Waals surface area (Å²) in [7, 11) is 1.48. The second-order valence-corrected chi connectivity index (χ2v) is 27.2. The summed E-state index contributed by atoms with van der Waals surface area (Å²) in [5.41, 5.74) is 0. The van der Waals surface area contributed by atoms with Gasteiger partial charge >= 0.3 is 13.8 Å². The fourth-order valence-electron chi connectivity index (χ4n) is 10.2. The summed E-state index contributed by atoms with van der Waals surface area (Å²) in [6.45, 7) is 6.87. The van der Waals surface area contributed by atoms with Gasteiger partial charge in [-0.25, -0.2) is 4.57 Å². The van der Waals surface area contributed by atoms with Crippen molar-refractivity contribution in [2.24, 2.45) is 0 Å². The molecular weight excluding hydrogens is 1120 g/mol. The Balaban J connectivity index is 5.01. The molecule has 3 unspecified atom stereocenters. The summed E-state index contributed by atoms with van der Waals surface area (Å²) < 4.78 is 30.8. The summed E-state index contributed by atoms with van der Waals surface area (Å²) in [5.74, 6) is -0.516. The van der Waals surface area contributed by atoms with Crippen LogP contribution in [0.3, 0.4) is 0 Å². The normalized spacial score (nSPS) is 14.2. The number of ether oxygens (including phenoxy) is 1. The number of nitrogens with zero attached hydrogens (tertiary/aromatic N) is 1. The smallest absolute Gasteiger partial charge is 0.456 e. The van der Waals surface area contributed by atoms with Crippen molar-refractivity contribution in [1.82, 2.24) is 5.32 Å². The van der Waals surface area contributed by atoms with E-state index < -0.39 is 20.0 Å². The van der Waals surface area contributed by atoms with Crippen molar-refractivity contribution in [1.29, 1.82) is 0 Å². The lowest BCUT2D eigenvalue weighted by atomic mass is 10.0. The fourth-order valence-corrected chi connectivity index (χ4v) is 11.0. The molecular formula is C79H140N2O7P+. The molecule has 0 aliphatic heterocycles. The van der Waals surface area contributed by atoms with E-state index in [0.717, 1.165) is 122 Å². The van der Waals surface area contributed by atoms with Gasteiger partial charge < -0.3 is 19.4 Å². The molecule has 0 saturated heterocycles. The molecule has 0 heterocycles. The monoisotopic (exact) mass is 1260 g/mol. The Labute approximate surface area is 550 Å². The summed E-state index contributed by atoms with van der Waals surface area (Å²) in [6.07, 6.45) is 95.0. The number of hydrogen-bond donors (Lipinski definition) is 2. The molecule has 512 valence electrons. The minimum Gasteiger partial charge on any atom is -0.456 e. The number of phosphoric ester groups is 1. The van der Waals surface area contributed by atoms with Crippen molar-refractivity contribution in [2.45, 2.75) is 328 Å². The molecule has 0 radical (unpaired) electrons. The van der Waals surface area contributed by atoms with Gasteiger partial charge in [0, 0.05) is 12.8 Å². The van der Waals surface area contributed by atoms with Gasteiger partial charge in [-0.1, -0.05) is 303 Å². The summed E-state index contributed by atoms with van der Waals surface area (Å²) >= 11 is 0. The molecule has 10 heteroatoms. The van der Waals surface area contributed by atoms with Crippen molar-refractivity contribution < 1.29 is 37.3 Å². The lowest BCUT2D eigenvalue weighted by Crippen LogP contribution is -2.47. The standard InChI is InChI=1S/C79H139N2O7P/c1-7-10-13-16-19-22-25-27-29-31-33-35-37-39-40-42-43-45-47-49-51-53-56-59-62-65-68-71-78(82)80-76(75-87-89(84,85)86-74-73-81(4,5)6)77(70-67-64-61-58-55-24-21-18-15-12-9-3)88-79(83)72-69-66-63-60-57-54-52-50-48-46-44-41-38-36-34-32-30-28-26-23-20-17-14-11-8-2/h11,14,19-20,22-23,27-30,33-36,39-41,44,67,70,76-77H,7-10,12-13,15-18,21,24-26,31-32,37-38,42-43,45-66,68-69,71-75H2,1-6H3,(H-,80,82,84,85)/p+1/b14-11-,22-19-,23-20-,29-27-,30-28-,35-33-,36-34-,40-39-,44-41-,70-67+. The lowest BCUT2D eigenvalue weighted by molar-refractivity contribution is -0.870. The van der Waals surface area contributed by atoms with Crippen LogP contribution in [0.25, 0.3) is 0 Å². The zero-order valence-electron chi connectivity index (χ0n) is 58.6. The van der Waals surface area contributed by atoms with E-state index in [9.17, 15) is 19.0 Å². The predicted octanol–water partition coefficient (Wildman–Crippen LogP) is 23.8. The second-order valence-electron chi connectivity index (χ2n) is 25.7. The molecule has 2 N–H and O–H groups in total. The predicted molar refractivity (Wildman–Crippen MR) is 387 cm³/mol. The number of phosphoric acid groups is 1. The molecule has 1 amide bonds. The number of rotatable bonds is 66. The highest BCUT2D eigenvalue weighted by Crippen LogP contribution is 2.43. The molecule has 89 heavy (non-hydrogen) atoms. The first kappa shape index (κ1) is 85.4. The topological polar surface area (TPSA) is 111 Å². The van der Waals surface area contributed by atoms with Gasteiger partial charge in [-0.3, -0.25) is 18.6 Å². The van der Waals surface area contributed by atoms with Crippen molar-refractivity contribution in [2.75, 3.05) is 40.9 Å². The maximum absolute atomic E-state index is 13.6.